The summed E-state index contributed by atoms with van der Waals surface area (Å²) >= 11 is 0. The van der Waals surface area contributed by atoms with E-state index in [9.17, 15) is 4.79 Å². The van der Waals surface area contributed by atoms with E-state index in [1.165, 1.54) is 6.92 Å². The highest BCUT2D eigenvalue weighted by Gasteiger charge is 2.00. The van der Waals surface area contributed by atoms with Crippen molar-refractivity contribution < 1.29 is 9.63 Å². The van der Waals surface area contributed by atoms with Gasteiger partial charge in [-0.3, -0.25) is 4.79 Å². The number of nitrogens with one attached hydrogen (secondary N) is 1. The van der Waals surface area contributed by atoms with Crippen LogP contribution in [0.4, 0.5) is 5.69 Å². The quantitative estimate of drug-likeness (QED) is 0.673. The second-order valence-electron chi connectivity index (χ2n) is 4.69. The zero-order chi connectivity index (χ0) is 15.1. The fraction of sp³-hybridized carbons (Fsp3) is 0.176. The van der Waals surface area contributed by atoms with E-state index in [1.54, 1.807) is 0 Å². The Hall–Kier alpha value is -2.62. The van der Waals surface area contributed by atoms with E-state index in [4.69, 9.17) is 4.84 Å². The second kappa shape index (κ2) is 7.24. The van der Waals surface area contributed by atoms with Gasteiger partial charge in [0.2, 0.25) is 5.91 Å². The van der Waals surface area contributed by atoms with Gasteiger partial charge in [0, 0.05) is 12.6 Å². The van der Waals surface area contributed by atoms with Crippen molar-refractivity contribution in [2.24, 2.45) is 5.16 Å². The first-order chi connectivity index (χ1) is 10.1. The number of oxime groups is 1. The predicted octanol–water partition coefficient (Wildman–Crippen LogP) is 3.59. The molecule has 0 atom stereocenters. The fourth-order valence-corrected chi connectivity index (χ4v) is 1.83. The molecule has 0 unspecified atom stereocenters. The number of carbonyl (C=O) groups is 1. The van der Waals surface area contributed by atoms with Crippen LogP contribution in [0.3, 0.4) is 0 Å². The third-order valence-electron chi connectivity index (χ3n) is 2.90. The monoisotopic (exact) mass is 282 g/mol. The molecule has 0 aromatic heterocycles. The summed E-state index contributed by atoms with van der Waals surface area (Å²) in [6.45, 7) is 3.82. The molecule has 0 aliphatic rings. The van der Waals surface area contributed by atoms with Crippen molar-refractivity contribution >= 4 is 17.3 Å². The summed E-state index contributed by atoms with van der Waals surface area (Å²) < 4.78 is 0. The van der Waals surface area contributed by atoms with E-state index in [0.29, 0.717) is 6.61 Å². The van der Waals surface area contributed by atoms with Crippen LogP contribution >= 0.6 is 0 Å². The molecule has 0 aliphatic heterocycles. The van der Waals surface area contributed by atoms with E-state index in [0.717, 1.165) is 22.5 Å². The molecule has 2 rings (SSSR count). The maximum absolute atomic E-state index is 11.0. The molecule has 0 radical (unpaired) electrons. The summed E-state index contributed by atoms with van der Waals surface area (Å²) in [5, 5.41) is 6.84. The molecule has 0 spiro atoms. The summed E-state index contributed by atoms with van der Waals surface area (Å²) in [6.07, 6.45) is 0. The van der Waals surface area contributed by atoms with Crippen LogP contribution in [0.15, 0.2) is 59.8 Å². The van der Waals surface area contributed by atoms with Crippen molar-refractivity contribution in [1.82, 2.24) is 0 Å². The van der Waals surface area contributed by atoms with Gasteiger partial charge >= 0.3 is 0 Å². The van der Waals surface area contributed by atoms with Gasteiger partial charge in [-0.05, 0) is 30.2 Å². The number of hydrogen-bond donors (Lipinski definition) is 1. The van der Waals surface area contributed by atoms with Crippen molar-refractivity contribution in [1.29, 1.82) is 0 Å². The van der Waals surface area contributed by atoms with Crippen LogP contribution in [0.25, 0.3) is 0 Å². The smallest absolute Gasteiger partial charge is 0.221 e. The van der Waals surface area contributed by atoms with Crippen LogP contribution < -0.4 is 5.32 Å². The van der Waals surface area contributed by atoms with E-state index in [-0.39, 0.29) is 5.91 Å². The summed E-state index contributed by atoms with van der Waals surface area (Å²) in [5.74, 6) is -0.0840. The molecule has 4 heteroatoms. The number of carbonyl (C=O) groups excluding carboxylic acids is 1. The lowest BCUT2D eigenvalue weighted by atomic mass is 10.1. The van der Waals surface area contributed by atoms with Crippen LogP contribution in [-0.4, -0.2) is 11.6 Å². The molecule has 0 aliphatic carbocycles. The maximum Gasteiger partial charge on any atom is 0.221 e. The minimum Gasteiger partial charge on any atom is -0.391 e. The number of anilines is 1. The van der Waals surface area contributed by atoms with Gasteiger partial charge in [0.05, 0.1) is 5.71 Å². The van der Waals surface area contributed by atoms with E-state index < -0.39 is 0 Å². The molecule has 108 valence electrons. The van der Waals surface area contributed by atoms with Gasteiger partial charge in [-0.15, -0.1) is 0 Å². The zero-order valence-electron chi connectivity index (χ0n) is 12.2. The van der Waals surface area contributed by atoms with Crippen molar-refractivity contribution in [2.75, 3.05) is 5.32 Å². The van der Waals surface area contributed by atoms with Crippen molar-refractivity contribution in [3.05, 3.63) is 65.7 Å². The number of benzene rings is 2. The third kappa shape index (κ3) is 4.76. The fourth-order valence-electron chi connectivity index (χ4n) is 1.83. The van der Waals surface area contributed by atoms with Crippen molar-refractivity contribution in [3.8, 4) is 0 Å². The largest absolute Gasteiger partial charge is 0.391 e. The second-order valence-corrected chi connectivity index (χ2v) is 4.69. The molecule has 21 heavy (non-hydrogen) atoms. The van der Waals surface area contributed by atoms with Crippen LogP contribution in [0, 0.1) is 0 Å². The number of amides is 1. The Labute approximate surface area is 124 Å². The molecule has 4 nitrogen and oxygen atoms in total. The standard InChI is InChI=1S/C17H18N2O2/c1-13(19-21-12-15-6-4-3-5-7-15)16-8-10-17(11-9-16)18-14(2)20/h3-11H,12H2,1-2H3,(H,18,20)/b19-13+. The van der Waals surface area contributed by atoms with Crippen molar-refractivity contribution in [2.45, 2.75) is 20.5 Å². The van der Waals surface area contributed by atoms with E-state index in [1.807, 2.05) is 61.5 Å². The van der Waals surface area contributed by atoms with Crippen LogP contribution in [-0.2, 0) is 16.2 Å². The average molecular weight is 282 g/mol. The van der Waals surface area contributed by atoms with E-state index >= 15 is 0 Å². The Morgan fingerprint density at radius 2 is 1.71 bits per heavy atom. The molecule has 1 amide bonds. The van der Waals surface area contributed by atoms with Gasteiger partial charge < -0.3 is 10.2 Å². The normalized spacial score (nSPS) is 11.0. The SMILES string of the molecule is CC(=O)Nc1ccc(/C(C)=N/OCc2ccccc2)cc1. The van der Waals surface area contributed by atoms with Crippen LogP contribution in [0.5, 0.6) is 0 Å². The Kier molecular flexibility index (Phi) is 5.10. The Morgan fingerprint density at radius 1 is 1.05 bits per heavy atom. The van der Waals surface area contributed by atoms with Gasteiger partial charge in [-0.1, -0.05) is 47.6 Å². The van der Waals surface area contributed by atoms with Gasteiger partial charge in [0.25, 0.3) is 0 Å². The molecule has 0 bridgehead atoms. The molecule has 0 heterocycles. The highest BCUT2D eigenvalue weighted by molar-refractivity contribution is 5.99. The lowest BCUT2D eigenvalue weighted by Crippen LogP contribution is -2.06. The zero-order valence-corrected chi connectivity index (χ0v) is 12.2. The van der Waals surface area contributed by atoms with Crippen LogP contribution in [0.1, 0.15) is 25.0 Å². The molecular formula is C17H18N2O2. The summed E-state index contributed by atoms with van der Waals surface area (Å²) in [4.78, 5) is 16.3. The number of nitrogens with zero attached hydrogens (tertiary/aromatic N) is 1. The molecule has 2 aromatic rings. The topological polar surface area (TPSA) is 50.7 Å². The van der Waals surface area contributed by atoms with Gasteiger partial charge in [-0.25, -0.2) is 0 Å². The van der Waals surface area contributed by atoms with E-state index in [2.05, 4.69) is 10.5 Å². The number of rotatable bonds is 5. The Balaban J connectivity index is 1.94. The highest BCUT2D eigenvalue weighted by Crippen LogP contribution is 2.11. The average Bonchev–Trinajstić information content (AvgIpc) is 2.48. The lowest BCUT2D eigenvalue weighted by Gasteiger charge is -2.05. The third-order valence-corrected chi connectivity index (χ3v) is 2.90. The highest BCUT2D eigenvalue weighted by atomic mass is 16.6. The lowest BCUT2D eigenvalue weighted by molar-refractivity contribution is -0.114. The van der Waals surface area contributed by atoms with Crippen LogP contribution in [0.2, 0.25) is 0 Å². The van der Waals surface area contributed by atoms with Gasteiger partial charge in [0.1, 0.15) is 6.61 Å². The minimum atomic E-state index is -0.0840. The molecule has 0 saturated heterocycles. The van der Waals surface area contributed by atoms with Gasteiger partial charge in [-0.2, -0.15) is 0 Å². The Morgan fingerprint density at radius 3 is 2.33 bits per heavy atom. The van der Waals surface area contributed by atoms with Gasteiger partial charge in [0.15, 0.2) is 0 Å². The first-order valence-corrected chi connectivity index (χ1v) is 6.73. The number of hydrogen-bond acceptors (Lipinski definition) is 3. The minimum absolute atomic E-state index is 0.0840. The molecule has 0 fully saturated rings. The maximum atomic E-state index is 11.0. The molecule has 1 N–H and O–H groups in total. The van der Waals surface area contributed by atoms with Crippen molar-refractivity contribution in [3.63, 3.8) is 0 Å². The molecular weight excluding hydrogens is 264 g/mol. The summed E-state index contributed by atoms with van der Waals surface area (Å²) in [7, 11) is 0. The predicted molar refractivity (Wildman–Crippen MR) is 84.2 cm³/mol. The molecule has 0 saturated carbocycles. The summed E-state index contributed by atoms with van der Waals surface area (Å²) in [5.41, 5.74) is 3.59. The Bertz CT molecular complexity index is 619. The first-order valence-electron chi connectivity index (χ1n) is 6.73. The first kappa shape index (κ1) is 14.8. The molecule has 2 aromatic carbocycles. The summed E-state index contributed by atoms with van der Waals surface area (Å²) in [6, 6.07) is 17.4.